The molecule has 18 heavy (non-hydrogen) atoms. The first-order valence-corrected chi connectivity index (χ1v) is 7.87. The van der Waals surface area contributed by atoms with Gasteiger partial charge in [0.25, 0.3) is 0 Å². The molecular weight excluding hydrogens is 216 g/mol. The van der Waals surface area contributed by atoms with Crippen LogP contribution in [0.3, 0.4) is 0 Å². The van der Waals surface area contributed by atoms with Crippen LogP contribution in [0.15, 0.2) is 18.2 Å². The van der Waals surface area contributed by atoms with Crippen molar-refractivity contribution < 1.29 is 0 Å². The molecule has 0 aliphatic heterocycles. The third-order valence-electron chi connectivity index (χ3n) is 2.92. The van der Waals surface area contributed by atoms with E-state index in [0.717, 1.165) is 5.92 Å². The zero-order valence-corrected chi connectivity index (χ0v) is 13.9. The lowest BCUT2D eigenvalue weighted by atomic mass is 9.83. The molecule has 0 fully saturated rings. The van der Waals surface area contributed by atoms with Gasteiger partial charge in [0.15, 0.2) is 0 Å². The molecule has 1 atom stereocenters. The van der Waals surface area contributed by atoms with Crippen molar-refractivity contribution in [1.29, 1.82) is 0 Å². The monoisotopic (exact) mass is 250 g/mol. The van der Waals surface area contributed by atoms with E-state index in [0.29, 0.717) is 0 Å². The number of rotatable bonds is 0. The highest BCUT2D eigenvalue weighted by atomic mass is 14.2. The van der Waals surface area contributed by atoms with Gasteiger partial charge in [-0.25, -0.2) is 0 Å². The summed E-state index contributed by atoms with van der Waals surface area (Å²) in [6.07, 6.45) is 4.04. The molecule has 0 nitrogen and oxygen atoms in total. The van der Waals surface area contributed by atoms with E-state index in [4.69, 9.17) is 0 Å². The van der Waals surface area contributed by atoms with E-state index in [-0.39, 0.29) is 0 Å². The predicted octanol–water partition coefficient (Wildman–Crippen LogP) is 6.51. The maximum atomic E-state index is 2.36. The van der Waals surface area contributed by atoms with E-state index in [1.54, 1.807) is 11.1 Å². The van der Waals surface area contributed by atoms with Crippen molar-refractivity contribution in [2.75, 3.05) is 0 Å². The molecule has 0 bridgehead atoms. The van der Waals surface area contributed by atoms with Crippen molar-refractivity contribution in [2.24, 2.45) is 0 Å². The van der Waals surface area contributed by atoms with E-state index in [1.165, 1.54) is 24.8 Å². The number of aryl methyl sites for hydroxylation is 2. The van der Waals surface area contributed by atoms with Crippen LogP contribution in [0.4, 0.5) is 0 Å². The van der Waals surface area contributed by atoms with Crippen LogP contribution in [0, 0.1) is 6.92 Å². The fourth-order valence-corrected chi connectivity index (χ4v) is 2.15. The van der Waals surface area contributed by atoms with Crippen LogP contribution in [0.1, 0.15) is 83.9 Å². The Morgan fingerprint density at radius 2 is 1.50 bits per heavy atom. The summed E-state index contributed by atoms with van der Waals surface area (Å²) in [5.41, 5.74) is 4.59. The van der Waals surface area contributed by atoms with Crippen LogP contribution in [0.5, 0.6) is 0 Å². The van der Waals surface area contributed by atoms with Crippen LogP contribution in [-0.4, -0.2) is 0 Å². The van der Waals surface area contributed by atoms with Crippen LogP contribution >= 0.6 is 0 Å². The molecule has 0 heterocycles. The Labute approximate surface area is 116 Å². The Bertz CT molecular complexity index is 286. The number of hydrogen-bond acceptors (Lipinski definition) is 0. The molecule has 1 aromatic carbocycles. The van der Waals surface area contributed by atoms with Crippen molar-refractivity contribution in [3.05, 3.63) is 34.9 Å². The molecule has 0 heteroatoms. The average Bonchev–Trinajstić information content (AvgIpc) is 2.46. The van der Waals surface area contributed by atoms with Gasteiger partial charge in [-0.05, 0) is 43.2 Å². The van der Waals surface area contributed by atoms with Crippen molar-refractivity contribution in [3.8, 4) is 0 Å². The summed E-state index contributed by atoms with van der Waals surface area (Å²) in [6, 6.07) is 6.90. The Hall–Kier alpha value is -0.780. The second-order valence-corrected chi connectivity index (χ2v) is 4.00. The van der Waals surface area contributed by atoms with Gasteiger partial charge in [-0.1, -0.05) is 72.2 Å². The minimum absolute atomic E-state index is 0.786. The average molecular weight is 250 g/mol. The fourth-order valence-electron chi connectivity index (χ4n) is 2.15. The standard InChI is InChI=1S/C12H16.3C2H6/c1-9-6-7-11-5-3-4-10(2)12(11)8-9;3*1-2/h6-8,10H,3-5H2,1-2H3;3*1-2H3. The molecule has 1 aromatic rings. The van der Waals surface area contributed by atoms with E-state index in [9.17, 15) is 0 Å². The number of benzene rings is 1. The second kappa shape index (κ2) is 12.7. The van der Waals surface area contributed by atoms with Gasteiger partial charge >= 0.3 is 0 Å². The third kappa shape index (κ3) is 6.23. The maximum absolute atomic E-state index is 2.36. The maximum Gasteiger partial charge on any atom is -0.0187 e. The molecule has 1 aliphatic carbocycles. The summed E-state index contributed by atoms with van der Waals surface area (Å²) >= 11 is 0. The van der Waals surface area contributed by atoms with E-state index >= 15 is 0 Å². The smallest absolute Gasteiger partial charge is 0.0187 e. The number of fused-ring (bicyclic) bond motifs is 1. The highest BCUT2D eigenvalue weighted by molar-refractivity contribution is 5.35. The van der Waals surface area contributed by atoms with Crippen LogP contribution in [0.2, 0.25) is 0 Å². The first kappa shape index (κ1) is 19.6. The summed E-state index contributed by atoms with van der Waals surface area (Å²) in [5.74, 6) is 0.786. The topological polar surface area (TPSA) is 0 Å². The molecule has 2 rings (SSSR count). The minimum Gasteiger partial charge on any atom is -0.0683 e. The molecule has 0 N–H and O–H groups in total. The Kier molecular flexibility index (Phi) is 13.8. The lowest BCUT2D eigenvalue weighted by Gasteiger charge is -2.22. The normalized spacial score (nSPS) is 15.7. The summed E-state index contributed by atoms with van der Waals surface area (Å²) in [5, 5.41) is 0. The SMILES string of the molecule is CC.CC.CC.Cc1ccc2c(c1)C(C)CCC2. The highest BCUT2D eigenvalue weighted by Crippen LogP contribution is 2.31. The Morgan fingerprint density at radius 1 is 0.944 bits per heavy atom. The fraction of sp³-hybridized carbons (Fsp3) is 0.667. The van der Waals surface area contributed by atoms with E-state index < -0.39 is 0 Å². The predicted molar refractivity (Wildman–Crippen MR) is 86.6 cm³/mol. The molecule has 106 valence electrons. The third-order valence-corrected chi connectivity index (χ3v) is 2.92. The summed E-state index contributed by atoms with van der Waals surface area (Å²) in [7, 11) is 0. The first-order valence-electron chi connectivity index (χ1n) is 7.87. The van der Waals surface area contributed by atoms with Crippen LogP contribution in [0.25, 0.3) is 0 Å². The van der Waals surface area contributed by atoms with Crippen LogP contribution in [-0.2, 0) is 6.42 Å². The largest absolute Gasteiger partial charge is 0.0683 e. The Balaban J connectivity index is 0. The van der Waals surface area contributed by atoms with Gasteiger partial charge in [-0.2, -0.15) is 0 Å². The molecule has 1 aliphatic rings. The molecule has 0 radical (unpaired) electrons. The minimum atomic E-state index is 0.786. The summed E-state index contributed by atoms with van der Waals surface area (Å²) in [4.78, 5) is 0. The zero-order valence-electron chi connectivity index (χ0n) is 13.9. The quantitative estimate of drug-likeness (QED) is 0.492. The molecule has 1 unspecified atom stereocenters. The summed E-state index contributed by atoms with van der Waals surface area (Å²) in [6.45, 7) is 16.5. The highest BCUT2D eigenvalue weighted by Gasteiger charge is 2.15. The van der Waals surface area contributed by atoms with E-state index in [2.05, 4.69) is 32.0 Å². The van der Waals surface area contributed by atoms with Gasteiger partial charge < -0.3 is 0 Å². The molecule has 0 amide bonds. The molecule has 0 aromatic heterocycles. The lowest BCUT2D eigenvalue weighted by molar-refractivity contribution is 0.590. The van der Waals surface area contributed by atoms with Crippen LogP contribution < -0.4 is 0 Å². The van der Waals surface area contributed by atoms with Gasteiger partial charge in [-0.3, -0.25) is 0 Å². The van der Waals surface area contributed by atoms with Gasteiger partial charge in [0.1, 0.15) is 0 Å². The zero-order chi connectivity index (χ0) is 14.6. The van der Waals surface area contributed by atoms with Gasteiger partial charge in [0.2, 0.25) is 0 Å². The Morgan fingerprint density at radius 3 is 2.06 bits per heavy atom. The van der Waals surface area contributed by atoms with Crippen molar-refractivity contribution in [1.82, 2.24) is 0 Å². The van der Waals surface area contributed by atoms with Crippen molar-refractivity contribution >= 4 is 0 Å². The second-order valence-electron chi connectivity index (χ2n) is 4.00. The number of hydrogen-bond donors (Lipinski definition) is 0. The molecule has 0 saturated carbocycles. The lowest BCUT2D eigenvalue weighted by Crippen LogP contribution is -2.06. The van der Waals surface area contributed by atoms with Gasteiger partial charge in [-0.15, -0.1) is 0 Å². The van der Waals surface area contributed by atoms with E-state index in [1.807, 2.05) is 41.5 Å². The summed E-state index contributed by atoms with van der Waals surface area (Å²) < 4.78 is 0. The molecular formula is C18H34. The molecule has 0 spiro atoms. The van der Waals surface area contributed by atoms with Crippen molar-refractivity contribution in [2.45, 2.75) is 80.6 Å². The van der Waals surface area contributed by atoms with Gasteiger partial charge in [0.05, 0.1) is 0 Å². The van der Waals surface area contributed by atoms with Crippen molar-refractivity contribution in [3.63, 3.8) is 0 Å². The molecule has 0 saturated heterocycles. The van der Waals surface area contributed by atoms with Gasteiger partial charge in [0, 0.05) is 0 Å². The first-order chi connectivity index (χ1) is 8.77.